The van der Waals surface area contributed by atoms with Gasteiger partial charge in [-0.05, 0) is 71.8 Å². The first-order valence-corrected chi connectivity index (χ1v) is 14.5. The van der Waals surface area contributed by atoms with Crippen molar-refractivity contribution in [1.82, 2.24) is 29.5 Å². The third-order valence-electron chi connectivity index (χ3n) is 6.84. The quantitative estimate of drug-likeness (QED) is 0.112. The van der Waals surface area contributed by atoms with E-state index in [9.17, 15) is 4.79 Å². The molecule has 0 saturated carbocycles. The number of rotatable bonds is 8. The second kappa shape index (κ2) is 10.9. The lowest BCUT2D eigenvalue weighted by Gasteiger charge is -2.09. The van der Waals surface area contributed by atoms with Crippen LogP contribution < -0.4 is 5.32 Å². The number of imidazole rings is 1. The Bertz CT molecular complexity index is 2080. The summed E-state index contributed by atoms with van der Waals surface area (Å²) < 4.78 is 1.69. The largest absolute Gasteiger partial charge is 0.341 e. The van der Waals surface area contributed by atoms with Gasteiger partial charge < -0.3 is 10.3 Å². The van der Waals surface area contributed by atoms with Crippen LogP contribution in [0.5, 0.6) is 0 Å². The molecule has 204 valence electrons. The van der Waals surface area contributed by atoms with Gasteiger partial charge in [0.2, 0.25) is 5.16 Å². The van der Waals surface area contributed by atoms with Gasteiger partial charge in [0.05, 0.1) is 16.8 Å². The molecule has 0 atom stereocenters. The Labute approximate surface area is 245 Å². The summed E-state index contributed by atoms with van der Waals surface area (Å²) in [6, 6.07) is 31.6. The number of para-hydroxylation sites is 2. The molecule has 3 heterocycles. The second-order valence-corrected chi connectivity index (χ2v) is 10.8. The number of aryl methyl sites for hydroxylation is 1. The third kappa shape index (κ3) is 5.37. The van der Waals surface area contributed by atoms with E-state index in [1.54, 1.807) is 10.6 Å². The number of ketones is 1. The average Bonchev–Trinajstić information content (AvgIpc) is 3.63. The van der Waals surface area contributed by atoms with E-state index in [-0.39, 0.29) is 5.78 Å². The summed E-state index contributed by atoms with van der Waals surface area (Å²) in [6.45, 7) is 1.92. The Balaban J connectivity index is 1.05. The zero-order valence-corrected chi connectivity index (χ0v) is 23.5. The lowest BCUT2D eigenvalue weighted by Crippen LogP contribution is -2.03. The molecule has 0 spiro atoms. The first kappa shape index (κ1) is 25.7. The van der Waals surface area contributed by atoms with Crippen LogP contribution in [0.25, 0.3) is 33.7 Å². The fraction of sp³-hybridized carbons (Fsp3) is 0.0606. The molecule has 0 aliphatic carbocycles. The van der Waals surface area contributed by atoms with Gasteiger partial charge in [-0.15, -0.1) is 5.10 Å². The monoisotopic (exact) mass is 567 g/mol. The molecule has 0 amide bonds. The Morgan fingerprint density at radius 1 is 0.905 bits per heavy atom. The van der Waals surface area contributed by atoms with Crippen molar-refractivity contribution in [2.45, 2.75) is 17.8 Å². The van der Waals surface area contributed by atoms with Crippen LogP contribution in [0, 0.1) is 6.92 Å². The minimum atomic E-state index is -0.0562. The van der Waals surface area contributed by atoms with Gasteiger partial charge in [0.1, 0.15) is 11.6 Å². The molecule has 0 fully saturated rings. The normalized spacial score (nSPS) is 11.6. The Kier molecular flexibility index (Phi) is 6.69. The van der Waals surface area contributed by atoms with Crippen molar-refractivity contribution in [3.05, 3.63) is 126 Å². The van der Waals surface area contributed by atoms with E-state index < -0.39 is 0 Å². The maximum absolute atomic E-state index is 12.8. The van der Waals surface area contributed by atoms with E-state index in [0.29, 0.717) is 22.3 Å². The first-order valence-electron chi connectivity index (χ1n) is 13.5. The molecule has 3 aromatic heterocycles. The zero-order valence-electron chi connectivity index (χ0n) is 22.7. The van der Waals surface area contributed by atoms with Crippen LogP contribution in [0.15, 0.2) is 108 Å². The van der Waals surface area contributed by atoms with Crippen LogP contribution in [0.1, 0.15) is 27.4 Å². The summed E-state index contributed by atoms with van der Waals surface area (Å²) in [5.41, 5.74) is 5.18. The molecule has 42 heavy (non-hydrogen) atoms. The Morgan fingerprint density at radius 2 is 1.71 bits per heavy atom. The fourth-order valence-corrected chi connectivity index (χ4v) is 5.46. The highest BCUT2D eigenvalue weighted by Crippen LogP contribution is 2.24. The van der Waals surface area contributed by atoms with Gasteiger partial charge in [-0.2, -0.15) is 9.50 Å². The fourth-order valence-electron chi connectivity index (χ4n) is 4.77. The van der Waals surface area contributed by atoms with Crippen molar-refractivity contribution >= 4 is 62.7 Å². The number of hydrogen-bond donors (Lipinski definition) is 2. The van der Waals surface area contributed by atoms with E-state index >= 15 is 0 Å². The predicted molar refractivity (Wildman–Crippen MR) is 168 cm³/mol. The summed E-state index contributed by atoms with van der Waals surface area (Å²) >= 11 is 1.50. The van der Waals surface area contributed by atoms with Crippen LogP contribution in [-0.4, -0.2) is 35.3 Å². The first-order chi connectivity index (χ1) is 20.6. The molecule has 7 rings (SSSR count). The van der Waals surface area contributed by atoms with Gasteiger partial charge in [-0.3, -0.25) is 4.79 Å². The highest BCUT2D eigenvalue weighted by molar-refractivity contribution is 7.98. The molecule has 7 aromatic rings. The molecule has 0 bridgehead atoms. The number of aromatic nitrogens is 6. The minimum absolute atomic E-state index is 0.0562. The van der Waals surface area contributed by atoms with Crippen molar-refractivity contribution in [3.63, 3.8) is 0 Å². The van der Waals surface area contributed by atoms with Crippen LogP contribution >= 0.6 is 11.8 Å². The van der Waals surface area contributed by atoms with E-state index in [1.807, 2.05) is 85.8 Å². The molecule has 0 saturated heterocycles. The number of allylic oxidation sites excluding steroid dienone is 1. The maximum atomic E-state index is 12.8. The van der Waals surface area contributed by atoms with E-state index in [1.165, 1.54) is 17.1 Å². The molecule has 9 heteroatoms. The minimum Gasteiger partial charge on any atom is -0.341 e. The number of carbonyl (C=O) groups excluding carboxylic acids is 1. The number of thioether (sulfide) groups is 1. The molecule has 8 nitrogen and oxygen atoms in total. The van der Waals surface area contributed by atoms with Gasteiger partial charge in [0, 0.05) is 23.0 Å². The van der Waals surface area contributed by atoms with Gasteiger partial charge in [-0.1, -0.05) is 66.4 Å². The number of H-pyrrole nitrogens is 1. The van der Waals surface area contributed by atoms with Crippen molar-refractivity contribution in [3.8, 4) is 0 Å². The van der Waals surface area contributed by atoms with Crippen LogP contribution in [0.4, 0.5) is 11.5 Å². The van der Waals surface area contributed by atoms with Crippen molar-refractivity contribution in [1.29, 1.82) is 0 Å². The molecule has 0 aliphatic heterocycles. The predicted octanol–water partition coefficient (Wildman–Crippen LogP) is 7.39. The topological polar surface area (TPSA) is 101 Å². The van der Waals surface area contributed by atoms with Crippen molar-refractivity contribution < 1.29 is 4.79 Å². The Morgan fingerprint density at radius 3 is 2.57 bits per heavy atom. The number of nitrogens with zero attached hydrogens (tertiary/aromatic N) is 5. The highest BCUT2D eigenvalue weighted by Gasteiger charge is 2.13. The molecule has 4 aromatic carbocycles. The van der Waals surface area contributed by atoms with Crippen molar-refractivity contribution in [2.75, 3.05) is 5.32 Å². The zero-order chi connectivity index (χ0) is 28.5. The summed E-state index contributed by atoms with van der Waals surface area (Å²) in [5, 5.41) is 11.0. The Hall–Kier alpha value is -5.28. The second-order valence-electron chi connectivity index (χ2n) is 9.88. The van der Waals surface area contributed by atoms with Gasteiger partial charge in [0.15, 0.2) is 5.78 Å². The SMILES string of the molecule is Cc1cc(Nc2ccc(C(=O)/C=C/c3ccc4ccccc4c3)cc2)n2nc(SCc3nc4ccccc4[nH]3)nc2n1. The van der Waals surface area contributed by atoms with Gasteiger partial charge in [-0.25, -0.2) is 9.97 Å². The number of nitrogens with one attached hydrogen (secondary N) is 2. The molecule has 0 unspecified atom stereocenters. The summed E-state index contributed by atoms with van der Waals surface area (Å²) in [5.74, 6) is 2.66. The number of fused-ring (bicyclic) bond motifs is 3. The highest BCUT2D eigenvalue weighted by atomic mass is 32.2. The smallest absolute Gasteiger partial charge is 0.255 e. The molecule has 0 aliphatic rings. The van der Waals surface area contributed by atoms with Crippen LogP contribution in [0.2, 0.25) is 0 Å². The lowest BCUT2D eigenvalue weighted by molar-refractivity contribution is 0.104. The lowest BCUT2D eigenvalue weighted by atomic mass is 10.1. The molecular weight excluding hydrogens is 542 g/mol. The van der Waals surface area contributed by atoms with Crippen LogP contribution in [0.3, 0.4) is 0 Å². The number of hydrogen-bond acceptors (Lipinski definition) is 7. The third-order valence-corrected chi connectivity index (χ3v) is 7.69. The van der Waals surface area contributed by atoms with E-state index in [2.05, 4.69) is 54.6 Å². The summed E-state index contributed by atoms with van der Waals surface area (Å²) in [4.78, 5) is 30.0. The van der Waals surface area contributed by atoms with E-state index in [0.717, 1.165) is 45.0 Å². The van der Waals surface area contributed by atoms with Gasteiger partial charge >= 0.3 is 0 Å². The summed E-state index contributed by atoms with van der Waals surface area (Å²) in [6.07, 6.45) is 3.47. The number of benzene rings is 4. The number of anilines is 2. The van der Waals surface area contributed by atoms with Gasteiger partial charge in [0.25, 0.3) is 5.78 Å². The molecular formula is C33H25N7OS. The number of carbonyl (C=O) groups is 1. The standard InChI is InChI=1S/C33H25N7OS/c1-21-18-31(40-32(34-21)38-33(39-40)42-20-30-36-27-8-4-5-9-28(27)37-30)35-26-15-13-24(14-16-26)29(41)17-11-22-10-12-23-6-2-3-7-25(23)19-22/h2-19,35H,20H2,1H3,(H,36,37)/b17-11+. The van der Waals surface area contributed by atoms with E-state index in [4.69, 9.17) is 0 Å². The molecule has 0 radical (unpaired) electrons. The van der Waals surface area contributed by atoms with Crippen molar-refractivity contribution in [2.24, 2.45) is 0 Å². The maximum Gasteiger partial charge on any atom is 0.255 e. The summed E-state index contributed by atoms with van der Waals surface area (Å²) in [7, 11) is 0. The number of aromatic amines is 1. The average molecular weight is 568 g/mol. The molecule has 2 N–H and O–H groups in total. The van der Waals surface area contributed by atoms with Crippen LogP contribution in [-0.2, 0) is 5.75 Å².